The van der Waals surface area contributed by atoms with Crippen LogP contribution in [0.25, 0.3) is 10.6 Å². The number of hydrogen-bond acceptors (Lipinski definition) is 9. The first-order valence-electron chi connectivity index (χ1n) is 14.6. The Balaban J connectivity index is 1.20. The second-order valence-corrected chi connectivity index (χ2v) is 13.9. The van der Waals surface area contributed by atoms with E-state index < -0.39 is 11.7 Å². The summed E-state index contributed by atoms with van der Waals surface area (Å²) in [5, 5.41) is 3.24. The quantitative estimate of drug-likeness (QED) is 0.359. The molecule has 1 unspecified atom stereocenters. The number of nitrogens with one attached hydrogen (secondary N) is 1. The van der Waals surface area contributed by atoms with Gasteiger partial charge in [-0.3, -0.25) is 4.79 Å². The van der Waals surface area contributed by atoms with Crippen molar-refractivity contribution in [3.63, 3.8) is 0 Å². The van der Waals surface area contributed by atoms with E-state index in [1.807, 2.05) is 6.07 Å². The summed E-state index contributed by atoms with van der Waals surface area (Å²) >= 11 is 2.56. The van der Waals surface area contributed by atoms with Gasteiger partial charge in [0.2, 0.25) is 5.95 Å². The lowest BCUT2D eigenvalue weighted by molar-refractivity contribution is -0.137. The average molecular weight is 631 g/mol. The number of thiophene rings is 1. The van der Waals surface area contributed by atoms with Crippen LogP contribution in [0.15, 0.2) is 35.4 Å². The lowest BCUT2D eigenvalue weighted by Crippen LogP contribution is -2.52. The third-order valence-electron chi connectivity index (χ3n) is 8.76. The first kappa shape index (κ1) is 28.9. The van der Waals surface area contributed by atoms with Crippen LogP contribution in [-0.2, 0) is 10.9 Å². The Bertz CT molecular complexity index is 1540. The van der Waals surface area contributed by atoms with Crippen LogP contribution in [-0.4, -0.2) is 90.0 Å². The molecule has 0 radical (unpaired) electrons. The molecule has 1 saturated carbocycles. The largest absolute Gasteiger partial charge is 0.420 e. The van der Waals surface area contributed by atoms with Crippen LogP contribution in [0.5, 0.6) is 0 Å². The number of likely N-dealkylation sites (N-methyl/N-ethyl adjacent to an activating group) is 1. The summed E-state index contributed by atoms with van der Waals surface area (Å²) < 4.78 is 47.9. The van der Waals surface area contributed by atoms with Crippen molar-refractivity contribution >= 4 is 46.3 Å². The van der Waals surface area contributed by atoms with E-state index in [9.17, 15) is 18.0 Å². The summed E-state index contributed by atoms with van der Waals surface area (Å²) in [6.45, 7) is 6.66. The minimum Gasteiger partial charge on any atom is -0.377 e. The average Bonchev–Trinajstić information content (AvgIpc) is 3.73. The van der Waals surface area contributed by atoms with E-state index >= 15 is 0 Å². The number of anilines is 3. The van der Waals surface area contributed by atoms with E-state index in [-0.39, 0.29) is 23.6 Å². The highest BCUT2D eigenvalue weighted by atomic mass is 32.2. The van der Waals surface area contributed by atoms with Crippen molar-refractivity contribution < 1.29 is 22.7 Å². The lowest BCUT2D eigenvalue weighted by Gasteiger charge is -2.39. The number of rotatable bonds is 6. The van der Waals surface area contributed by atoms with Crippen LogP contribution in [0.2, 0.25) is 0 Å². The zero-order chi connectivity index (χ0) is 29.9. The normalized spacial score (nSPS) is 21.9. The second kappa shape index (κ2) is 11.2. The van der Waals surface area contributed by atoms with Crippen LogP contribution in [0.3, 0.4) is 0 Å². The highest BCUT2D eigenvalue weighted by Gasteiger charge is 2.38. The molecule has 1 atom stereocenters. The van der Waals surface area contributed by atoms with Gasteiger partial charge in [-0.15, -0.1) is 23.1 Å². The topological polar surface area (TPSA) is 73.8 Å². The Hall–Kier alpha value is -2.87. The molecule has 0 spiro atoms. The molecule has 43 heavy (non-hydrogen) atoms. The molecule has 1 aromatic carbocycles. The van der Waals surface area contributed by atoms with E-state index in [0.717, 1.165) is 66.9 Å². The van der Waals surface area contributed by atoms with Gasteiger partial charge in [0.05, 0.1) is 29.8 Å². The fraction of sp³-hybridized carbons (Fsp3) is 0.500. The van der Waals surface area contributed by atoms with Gasteiger partial charge in [0.1, 0.15) is 10.4 Å². The molecule has 5 heterocycles. The van der Waals surface area contributed by atoms with Crippen LogP contribution in [0, 0.1) is 0 Å². The summed E-state index contributed by atoms with van der Waals surface area (Å²) in [6.07, 6.45) is -1.65. The number of aromatic nitrogens is 2. The van der Waals surface area contributed by atoms with E-state index in [2.05, 4.69) is 51.2 Å². The van der Waals surface area contributed by atoms with Gasteiger partial charge in [-0.25, -0.2) is 9.97 Å². The number of piperazine rings is 1. The number of carbonyl (C=O) groups excluding carboxylic acids is 1. The fourth-order valence-corrected chi connectivity index (χ4v) is 8.14. The van der Waals surface area contributed by atoms with Crippen molar-refractivity contribution in [1.82, 2.24) is 19.8 Å². The van der Waals surface area contributed by atoms with Gasteiger partial charge in [0, 0.05) is 60.4 Å². The molecule has 13 heteroatoms. The summed E-state index contributed by atoms with van der Waals surface area (Å²) in [5.41, 5.74) is 1.97. The van der Waals surface area contributed by atoms with E-state index in [4.69, 9.17) is 4.74 Å². The third kappa shape index (κ3) is 5.72. The lowest BCUT2D eigenvalue weighted by atomic mass is 10.1. The fourth-order valence-electron chi connectivity index (χ4n) is 5.82. The summed E-state index contributed by atoms with van der Waals surface area (Å²) in [7, 11) is 2.14. The molecule has 4 aliphatic rings. The van der Waals surface area contributed by atoms with Crippen molar-refractivity contribution in [2.24, 2.45) is 0 Å². The van der Waals surface area contributed by atoms with Gasteiger partial charge in [0.15, 0.2) is 0 Å². The SMILES string of the molecule is CC1CN(c2ccc(Nc3ncc(C(F)(F)F)c(-c4cc5c(s4)C(=O)N(C4COC4)CCS5)n3)c(C3CC3)c2)CCN1C. The number of benzene rings is 1. The predicted molar refractivity (Wildman–Crippen MR) is 163 cm³/mol. The van der Waals surface area contributed by atoms with Crippen LogP contribution < -0.4 is 10.2 Å². The molecule has 1 aliphatic carbocycles. The molecule has 2 aromatic heterocycles. The number of nitrogens with zero attached hydrogens (tertiary/aromatic N) is 5. The smallest absolute Gasteiger partial charge is 0.377 e. The zero-order valence-electron chi connectivity index (χ0n) is 24.0. The molecular formula is C30H33F3N6O2S2. The Morgan fingerprint density at radius 3 is 2.63 bits per heavy atom. The number of halogens is 3. The molecular weight excluding hydrogens is 597 g/mol. The molecule has 8 nitrogen and oxygen atoms in total. The highest BCUT2D eigenvalue weighted by Crippen LogP contribution is 2.46. The minimum atomic E-state index is -4.65. The Morgan fingerprint density at radius 2 is 1.93 bits per heavy atom. The predicted octanol–water partition coefficient (Wildman–Crippen LogP) is 5.93. The number of carbonyl (C=O) groups is 1. The van der Waals surface area contributed by atoms with Gasteiger partial charge in [-0.05, 0) is 62.6 Å². The van der Waals surface area contributed by atoms with Crippen LogP contribution >= 0.6 is 23.1 Å². The maximum atomic E-state index is 14.2. The van der Waals surface area contributed by atoms with Crippen molar-refractivity contribution in [3.05, 3.63) is 46.5 Å². The summed E-state index contributed by atoms with van der Waals surface area (Å²) in [5.74, 6) is 1.01. The van der Waals surface area contributed by atoms with Gasteiger partial charge in [-0.2, -0.15) is 13.2 Å². The van der Waals surface area contributed by atoms with Crippen molar-refractivity contribution in [3.8, 4) is 10.6 Å². The van der Waals surface area contributed by atoms with E-state index in [1.165, 1.54) is 11.8 Å². The Labute approximate surface area is 256 Å². The second-order valence-electron chi connectivity index (χ2n) is 11.7. The summed E-state index contributed by atoms with van der Waals surface area (Å²) in [4.78, 5) is 29.9. The van der Waals surface area contributed by atoms with Crippen molar-refractivity contribution in [2.75, 3.05) is 62.4 Å². The first-order valence-corrected chi connectivity index (χ1v) is 16.4. The number of amides is 1. The molecule has 2 saturated heterocycles. The Morgan fingerprint density at radius 1 is 1.12 bits per heavy atom. The Kier molecular flexibility index (Phi) is 7.55. The van der Waals surface area contributed by atoms with Crippen LogP contribution in [0.4, 0.5) is 30.5 Å². The van der Waals surface area contributed by atoms with Gasteiger partial charge >= 0.3 is 6.18 Å². The van der Waals surface area contributed by atoms with Gasteiger partial charge < -0.3 is 24.8 Å². The number of ether oxygens (including phenoxy) is 1. The standard InChI is InChI=1S/C30H33F3N6O2S2/c1-17-14-38(8-7-37(17)2)19-5-6-23(21(11-19)18-3-4-18)35-29-34-13-22(30(31,32)33)26(36-29)24-12-25-27(43-24)28(40)39(9-10-42-25)20-15-41-16-20/h5-6,11-13,17-18,20H,3-4,7-10,14-16H2,1-2H3,(H,34,35,36). The molecule has 228 valence electrons. The maximum absolute atomic E-state index is 14.2. The number of hydrogen-bond donors (Lipinski definition) is 1. The maximum Gasteiger partial charge on any atom is 0.420 e. The first-order chi connectivity index (χ1) is 20.7. The molecule has 0 bridgehead atoms. The molecule has 3 aliphatic heterocycles. The van der Waals surface area contributed by atoms with E-state index in [0.29, 0.717) is 52.1 Å². The minimum absolute atomic E-state index is 0.0110. The highest BCUT2D eigenvalue weighted by molar-refractivity contribution is 7.99. The van der Waals surface area contributed by atoms with Crippen LogP contribution in [0.1, 0.15) is 46.5 Å². The van der Waals surface area contributed by atoms with Crippen molar-refractivity contribution in [2.45, 2.75) is 48.8 Å². The molecule has 3 fully saturated rings. The number of fused-ring (bicyclic) bond motifs is 1. The monoisotopic (exact) mass is 630 g/mol. The molecule has 7 rings (SSSR count). The zero-order valence-corrected chi connectivity index (χ0v) is 25.6. The van der Waals surface area contributed by atoms with Gasteiger partial charge in [-0.1, -0.05) is 0 Å². The number of alkyl halides is 3. The molecule has 3 aromatic rings. The van der Waals surface area contributed by atoms with Gasteiger partial charge in [0.25, 0.3) is 5.91 Å². The third-order valence-corrected chi connectivity index (χ3v) is 11.0. The molecule has 1 N–H and O–H groups in total. The van der Waals surface area contributed by atoms with E-state index in [1.54, 1.807) is 11.0 Å². The number of thioether (sulfide) groups is 1. The molecule has 1 amide bonds. The summed E-state index contributed by atoms with van der Waals surface area (Å²) in [6, 6.07) is 8.40. The van der Waals surface area contributed by atoms with Crippen molar-refractivity contribution in [1.29, 1.82) is 0 Å².